The predicted molar refractivity (Wildman–Crippen MR) is 94.9 cm³/mol. The number of ketones is 1. The van der Waals surface area contributed by atoms with Crippen molar-refractivity contribution in [3.8, 4) is 0 Å². The predicted octanol–water partition coefficient (Wildman–Crippen LogP) is 4.49. The van der Waals surface area contributed by atoms with Crippen LogP contribution in [0.1, 0.15) is 48.0 Å². The number of hydrogen-bond acceptors (Lipinski definition) is 3. The Morgan fingerprint density at radius 1 is 1.11 bits per heavy atom. The van der Waals surface area contributed by atoms with E-state index in [2.05, 4.69) is 9.80 Å². The highest BCUT2D eigenvalue weighted by Gasteiger charge is 2.31. The van der Waals surface area contributed by atoms with Gasteiger partial charge in [-0.05, 0) is 57.0 Å². The van der Waals surface area contributed by atoms with Gasteiger partial charge in [-0.3, -0.25) is 4.79 Å². The summed E-state index contributed by atoms with van der Waals surface area (Å²) in [5, 5.41) is 0. The number of carbonyl (C=O) groups is 1. The Balaban J connectivity index is 1.63. The molecule has 0 spiro atoms. The third-order valence-electron chi connectivity index (χ3n) is 5.32. The van der Waals surface area contributed by atoms with E-state index in [0.29, 0.717) is 12.1 Å². The number of allylic oxidation sites excluding steroid dienone is 1. The first kappa shape index (κ1) is 19.9. The fourth-order valence-electron chi connectivity index (χ4n) is 3.83. The SMILES string of the molecule is O=C(C=CN1CCC[C@H]1CN1CCCCC1)c1ccc(C(F)(F)F)cc1F. The summed E-state index contributed by atoms with van der Waals surface area (Å²) in [6, 6.07) is 2.33. The van der Waals surface area contributed by atoms with Gasteiger partial charge in [0.25, 0.3) is 0 Å². The second-order valence-corrected chi connectivity index (χ2v) is 7.27. The highest BCUT2D eigenvalue weighted by Crippen LogP contribution is 2.30. The monoisotopic (exact) mass is 384 g/mol. The highest BCUT2D eigenvalue weighted by atomic mass is 19.4. The molecule has 0 saturated carbocycles. The fraction of sp³-hybridized carbons (Fsp3) is 0.550. The molecular weight excluding hydrogens is 360 g/mol. The summed E-state index contributed by atoms with van der Waals surface area (Å²) in [7, 11) is 0. The van der Waals surface area contributed by atoms with Crippen LogP contribution in [-0.2, 0) is 6.18 Å². The average Bonchev–Trinajstić information content (AvgIpc) is 3.06. The highest BCUT2D eigenvalue weighted by molar-refractivity contribution is 6.04. The number of likely N-dealkylation sites (tertiary alicyclic amines) is 2. The lowest BCUT2D eigenvalue weighted by atomic mass is 10.1. The molecule has 0 radical (unpaired) electrons. The van der Waals surface area contributed by atoms with Crippen LogP contribution in [0, 0.1) is 5.82 Å². The Bertz CT molecular complexity index is 696. The van der Waals surface area contributed by atoms with E-state index >= 15 is 0 Å². The molecule has 0 N–H and O–H groups in total. The van der Waals surface area contributed by atoms with Crippen molar-refractivity contribution in [1.29, 1.82) is 0 Å². The van der Waals surface area contributed by atoms with Gasteiger partial charge in [0.2, 0.25) is 0 Å². The lowest BCUT2D eigenvalue weighted by Crippen LogP contribution is -2.40. The lowest BCUT2D eigenvalue weighted by Gasteiger charge is -2.32. The summed E-state index contributed by atoms with van der Waals surface area (Å²) in [4.78, 5) is 16.8. The van der Waals surface area contributed by atoms with E-state index in [4.69, 9.17) is 0 Å². The van der Waals surface area contributed by atoms with Gasteiger partial charge in [0.05, 0.1) is 11.1 Å². The molecule has 3 rings (SSSR count). The molecule has 2 heterocycles. The number of halogens is 4. The second kappa shape index (κ2) is 8.42. The third kappa shape index (κ3) is 5.09. The summed E-state index contributed by atoms with van der Waals surface area (Å²) < 4.78 is 51.8. The van der Waals surface area contributed by atoms with E-state index in [1.165, 1.54) is 25.3 Å². The van der Waals surface area contributed by atoms with E-state index in [0.717, 1.165) is 51.2 Å². The van der Waals surface area contributed by atoms with Crippen molar-refractivity contribution in [2.24, 2.45) is 0 Å². The number of rotatable bonds is 5. The molecule has 0 aliphatic carbocycles. The molecule has 3 nitrogen and oxygen atoms in total. The summed E-state index contributed by atoms with van der Waals surface area (Å²) in [6.45, 7) is 3.98. The minimum Gasteiger partial charge on any atom is -0.373 e. The molecule has 7 heteroatoms. The second-order valence-electron chi connectivity index (χ2n) is 7.27. The molecule has 2 aliphatic rings. The van der Waals surface area contributed by atoms with Gasteiger partial charge in [-0.15, -0.1) is 0 Å². The van der Waals surface area contributed by atoms with Crippen LogP contribution in [0.5, 0.6) is 0 Å². The van der Waals surface area contributed by atoms with Crippen LogP contribution >= 0.6 is 0 Å². The Hall–Kier alpha value is -1.89. The molecule has 1 atom stereocenters. The topological polar surface area (TPSA) is 23.6 Å². The Kier molecular flexibility index (Phi) is 6.19. The van der Waals surface area contributed by atoms with Crippen LogP contribution in [0.2, 0.25) is 0 Å². The summed E-state index contributed by atoms with van der Waals surface area (Å²) in [5.74, 6) is -1.77. The Morgan fingerprint density at radius 2 is 1.85 bits per heavy atom. The molecule has 2 aliphatic heterocycles. The van der Waals surface area contributed by atoms with Crippen molar-refractivity contribution in [3.05, 3.63) is 47.4 Å². The zero-order valence-corrected chi connectivity index (χ0v) is 15.1. The van der Waals surface area contributed by atoms with Gasteiger partial charge in [0, 0.05) is 31.4 Å². The molecule has 2 fully saturated rings. The number of hydrogen-bond donors (Lipinski definition) is 0. The standard InChI is InChI=1S/C20H24F4N2O/c21-18-13-15(20(22,23)24)6-7-17(18)19(27)8-12-26-11-4-5-16(26)14-25-9-2-1-3-10-25/h6-8,12-13,16H,1-5,9-11,14H2/t16-/m0/s1. The van der Waals surface area contributed by atoms with Crippen molar-refractivity contribution in [3.63, 3.8) is 0 Å². The third-order valence-corrected chi connectivity index (χ3v) is 5.32. The van der Waals surface area contributed by atoms with Crippen molar-refractivity contribution in [2.45, 2.75) is 44.3 Å². The van der Waals surface area contributed by atoms with Crippen LogP contribution in [0.4, 0.5) is 17.6 Å². The number of piperidine rings is 1. The van der Waals surface area contributed by atoms with Crippen LogP contribution in [-0.4, -0.2) is 47.8 Å². The van der Waals surface area contributed by atoms with Crippen LogP contribution in [0.15, 0.2) is 30.5 Å². The van der Waals surface area contributed by atoms with E-state index in [9.17, 15) is 22.4 Å². The molecule has 0 bridgehead atoms. The Labute approximate surface area is 156 Å². The smallest absolute Gasteiger partial charge is 0.373 e. The summed E-state index contributed by atoms with van der Waals surface area (Å²) >= 11 is 0. The normalized spacial score (nSPS) is 21.9. The maximum atomic E-state index is 13.9. The first-order chi connectivity index (χ1) is 12.8. The quantitative estimate of drug-likeness (QED) is 0.425. The zero-order chi connectivity index (χ0) is 19.4. The van der Waals surface area contributed by atoms with Crippen LogP contribution < -0.4 is 0 Å². The maximum Gasteiger partial charge on any atom is 0.416 e. The van der Waals surface area contributed by atoms with Gasteiger partial charge in [0.1, 0.15) is 5.82 Å². The van der Waals surface area contributed by atoms with Gasteiger partial charge in [-0.2, -0.15) is 13.2 Å². The molecule has 1 aromatic rings. The number of alkyl halides is 3. The van der Waals surface area contributed by atoms with Crippen molar-refractivity contribution in [1.82, 2.24) is 9.80 Å². The van der Waals surface area contributed by atoms with Crippen molar-refractivity contribution < 1.29 is 22.4 Å². The first-order valence-electron chi connectivity index (χ1n) is 9.42. The Morgan fingerprint density at radius 3 is 2.52 bits per heavy atom. The molecule has 2 saturated heterocycles. The fourth-order valence-corrected chi connectivity index (χ4v) is 3.83. The van der Waals surface area contributed by atoms with Gasteiger partial charge in [-0.25, -0.2) is 4.39 Å². The summed E-state index contributed by atoms with van der Waals surface area (Å²) in [5.41, 5.74) is -1.44. The van der Waals surface area contributed by atoms with Crippen molar-refractivity contribution in [2.75, 3.05) is 26.2 Å². The van der Waals surface area contributed by atoms with E-state index < -0.39 is 23.3 Å². The molecule has 148 valence electrons. The minimum absolute atomic E-state index is 0.324. The molecule has 1 aromatic carbocycles. The largest absolute Gasteiger partial charge is 0.416 e. The first-order valence-corrected chi connectivity index (χ1v) is 9.42. The van der Waals surface area contributed by atoms with E-state index in [-0.39, 0.29) is 5.56 Å². The van der Waals surface area contributed by atoms with E-state index in [1.54, 1.807) is 6.20 Å². The van der Waals surface area contributed by atoms with E-state index in [1.807, 2.05) is 0 Å². The number of benzene rings is 1. The average molecular weight is 384 g/mol. The molecule has 0 amide bonds. The van der Waals surface area contributed by atoms with Gasteiger partial charge in [-0.1, -0.05) is 6.42 Å². The lowest BCUT2D eigenvalue weighted by molar-refractivity contribution is -0.137. The molecule has 0 unspecified atom stereocenters. The molecule has 0 aromatic heterocycles. The van der Waals surface area contributed by atoms with Gasteiger partial charge >= 0.3 is 6.18 Å². The minimum atomic E-state index is -4.63. The number of carbonyl (C=O) groups excluding carboxylic acids is 1. The maximum absolute atomic E-state index is 13.9. The van der Waals surface area contributed by atoms with Gasteiger partial charge < -0.3 is 9.80 Å². The molecule has 27 heavy (non-hydrogen) atoms. The van der Waals surface area contributed by atoms with Crippen LogP contribution in [0.3, 0.4) is 0 Å². The van der Waals surface area contributed by atoms with Crippen molar-refractivity contribution >= 4 is 5.78 Å². The van der Waals surface area contributed by atoms with Gasteiger partial charge in [0.15, 0.2) is 5.78 Å². The summed E-state index contributed by atoms with van der Waals surface area (Å²) in [6.07, 6.45) is 4.09. The molecular formula is C20H24F4N2O. The van der Waals surface area contributed by atoms with Crippen LogP contribution in [0.25, 0.3) is 0 Å². The zero-order valence-electron chi connectivity index (χ0n) is 15.1. The number of nitrogens with zero attached hydrogens (tertiary/aromatic N) is 2.